The molecule has 0 bridgehead atoms. The molecule has 118 valence electrons. The van der Waals surface area contributed by atoms with Crippen molar-refractivity contribution in [3.05, 3.63) is 29.8 Å². The Morgan fingerprint density at radius 3 is 2.68 bits per heavy atom. The van der Waals surface area contributed by atoms with E-state index in [1.807, 2.05) is 13.0 Å². The number of aromatic nitrogens is 4. The Hall–Kier alpha value is -1.80. The van der Waals surface area contributed by atoms with Crippen molar-refractivity contribution in [3.63, 3.8) is 0 Å². The normalized spacial score (nSPS) is 20.2. The summed E-state index contributed by atoms with van der Waals surface area (Å²) in [6.07, 6.45) is 6.46. The van der Waals surface area contributed by atoms with Crippen LogP contribution in [0.5, 0.6) is 0 Å². The molecule has 3 heterocycles. The first-order valence-corrected chi connectivity index (χ1v) is 9.08. The molecular weight excluding hydrogens is 302 g/mol. The van der Waals surface area contributed by atoms with Crippen LogP contribution in [0.3, 0.4) is 0 Å². The Balaban J connectivity index is 1.78. The quantitative estimate of drug-likeness (QED) is 0.920. The van der Waals surface area contributed by atoms with E-state index in [9.17, 15) is 8.42 Å². The van der Waals surface area contributed by atoms with Crippen LogP contribution in [0.1, 0.15) is 30.1 Å². The van der Waals surface area contributed by atoms with Crippen LogP contribution in [0.4, 0.5) is 0 Å². The third-order valence-electron chi connectivity index (χ3n) is 3.91. The number of sulfonamides is 1. The minimum atomic E-state index is -3.14. The Labute approximate surface area is 129 Å². The van der Waals surface area contributed by atoms with Crippen LogP contribution in [-0.4, -0.2) is 52.2 Å². The van der Waals surface area contributed by atoms with E-state index in [0.29, 0.717) is 18.8 Å². The molecule has 22 heavy (non-hydrogen) atoms. The van der Waals surface area contributed by atoms with Crippen LogP contribution >= 0.6 is 0 Å². The summed E-state index contributed by atoms with van der Waals surface area (Å²) in [6, 6.07) is 1.91. The van der Waals surface area contributed by atoms with E-state index in [2.05, 4.69) is 20.2 Å². The number of nitrogens with one attached hydrogen (secondary N) is 1. The molecule has 1 aliphatic heterocycles. The molecule has 1 saturated heterocycles. The Bertz CT molecular complexity index is 754. The lowest BCUT2D eigenvalue weighted by Crippen LogP contribution is -2.38. The molecule has 2 aromatic rings. The number of piperidine rings is 1. The van der Waals surface area contributed by atoms with Crippen molar-refractivity contribution in [3.8, 4) is 11.4 Å². The highest BCUT2D eigenvalue weighted by Gasteiger charge is 2.27. The van der Waals surface area contributed by atoms with E-state index in [-0.39, 0.29) is 5.92 Å². The molecule has 1 N–H and O–H groups in total. The van der Waals surface area contributed by atoms with Gasteiger partial charge in [-0.25, -0.2) is 12.7 Å². The van der Waals surface area contributed by atoms with Crippen LogP contribution < -0.4 is 0 Å². The molecular formula is C14H19N5O2S. The highest BCUT2D eigenvalue weighted by molar-refractivity contribution is 7.88. The maximum absolute atomic E-state index is 11.7. The van der Waals surface area contributed by atoms with Crippen LogP contribution in [0.2, 0.25) is 0 Å². The topological polar surface area (TPSA) is 91.8 Å². The molecule has 7 nitrogen and oxygen atoms in total. The molecule has 0 radical (unpaired) electrons. The zero-order valence-corrected chi connectivity index (χ0v) is 13.5. The van der Waals surface area contributed by atoms with Gasteiger partial charge in [-0.3, -0.25) is 15.1 Å². The SMILES string of the molecule is Cc1cc(-c2cnc([C@H]3CCCN(S(C)(=O)=O)C3)cn2)n[nH]1. The van der Waals surface area contributed by atoms with Gasteiger partial charge in [0.2, 0.25) is 10.0 Å². The minimum absolute atomic E-state index is 0.103. The first-order valence-electron chi connectivity index (χ1n) is 7.23. The van der Waals surface area contributed by atoms with Crippen molar-refractivity contribution >= 4 is 10.0 Å². The first kappa shape index (κ1) is 15.1. The van der Waals surface area contributed by atoms with Crippen molar-refractivity contribution in [2.75, 3.05) is 19.3 Å². The Kier molecular flexibility index (Phi) is 3.96. The van der Waals surface area contributed by atoms with Gasteiger partial charge in [0, 0.05) is 30.9 Å². The maximum atomic E-state index is 11.7. The zero-order chi connectivity index (χ0) is 15.7. The maximum Gasteiger partial charge on any atom is 0.211 e. The molecule has 0 amide bonds. The molecule has 0 saturated carbocycles. The standard InChI is InChI=1S/C14H19N5O2S/c1-10-6-12(18-17-10)14-8-15-13(7-16-14)11-4-3-5-19(9-11)22(2,20)21/h6-8,11H,3-5,9H2,1-2H3,(H,17,18)/t11-/m0/s1. The van der Waals surface area contributed by atoms with Gasteiger partial charge in [-0.05, 0) is 25.8 Å². The van der Waals surface area contributed by atoms with Crippen molar-refractivity contribution in [1.82, 2.24) is 24.5 Å². The average Bonchev–Trinajstić information content (AvgIpc) is 2.93. The number of aryl methyl sites for hydroxylation is 1. The summed E-state index contributed by atoms with van der Waals surface area (Å²) in [5.41, 5.74) is 3.28. The lowest BCUT2D eigenvalue weighted by Gasteiger charge is -2.30. The van der Waals surface area contributed by atoms with Gasteiger partial charge in [0.1, 0.15) is 11.4 Å². The molecule has 3 rings (SSSR count). The lowest BCUT2D eigenvalue weighted by atomic mass is 9.96. The number of aromatic amines is 1. The molecule has 2 aromatic heterocycles. The predicted octanol–water partition coefficient (Wildman–Crippen LogP) is 1.31. The van der Waals surface area contributed by atoms with Crippen LogP contribution in [0.15, 0.2) is 18.5 Å². The van der Waals surface area contributed by atoms with Gasteiger partial charge in [0.25, 0.3) is 0 Å². The lowest BCUT2D eigenvalue weighted by molar-refractivity contribution is 0.314. The minimum Gasteiger partial charge on any atom is -0.282 e. The van der Waals surface area contributed by atoms with Gasteiger partial charge >= 0.3 is 0 Å². The fourth-order valence-electron chi connectivity index (χ4n) is 2.72. The van der Waals surface area contributed by atoms with Crippen molar-refractivity contribution in [1.29, 1.82) is 0 Å². The summed E-state index contributed by atoms with van der Waals surface area (Å²) in [5.74, 6) is 0.103. The second-order valence-electron chi connectivity index (χ2n) is 5.72. The number of H-pyrrole nitrogens is 1. The van der Waals surface area contributed by atoms with E-state index in [4.69, 9.17) is 0 Å². The molecule has 1 fully saturated rings. The third kappa shape index (κ3) is 3.17. The van der Waals surface area contributed by atoms with Gasteiger partial charge in [0.15, 0.2) is 0 Å². The van der Waals surface area contributed by atoms with E-state index >= 15 is 0 Å². The van der Waals surface area contributed by atoms with Crippen molar-refractivity contribution < 1.29 is 8.42 Å². The van der Waals surface area contributed by atoms with Crippen LogP contribution in [-0.2, 0) is 10.0 Å². The average molecular weight is 321 g/mol. The monoisotopic (exact) mass is 321 g/mol. The number of rotatable bonds is 3. The molecule has 0 aromatic carbocycles. The summed E-state index contributed by atoms with van der Waals surface area (Å²) < 4.78 is 24.9. The largest absolute Gasteiger partial charge is 0.282 e. The van der Waals surface area contributed by atoms with Gasteiger partial charge in [-0.15, -0.1) is 0 Å². The van der Waals surface area contributed by atoms with E-state index in [1.54, 1.807) is 12.4 Å². The molecule has 0 unspecified atom stereocenters. The fourth-order valence-corrected chi connectivity index (χ4v) is 3.63. The highest BCUT2D eigenvalue weighted by Crippen LogP contribution is 2.27. The van der Waals surface area contributed by atoms with E-state index in [1.165, 1.54) is 10.6 Å². The van der Waals surface area contributed by atoms with Crippen molar-refractivity contribution in [2.45, 2.75) is 25.7 Å². The second kappa shape index (κ2) is 5.77. The molecule has 0 aliphatic carbocycles. The molecule has 8 heteroatoms. The summed E-state index contributed by atoms with van der Waals surface area (Å²) >= 11 is 0. The summed E-state index contributed by atoms with van der Waals surface area (Å²) in [7, 11) is -3.14. The van der Waals surface area contributed by atoms with Crippen LogP contribution in [0.25, 0.3) is 11.4 Å². The molecule has 1 atom stereocenters. The van der Waals surface area contributed by atoms with Gasteiger partial charge in [-0.2, -0.15) is 5.10 Å². The van der Waals surface area contributed by atoms with Crippen LogP contribution in [0, 0.1) is 6.92 Å². The zero-order valence-electron chi connectivity index (χ0n) is 12.7. The van der Waals surface area contributed by atoms with Gasteiger partial charge in [0.05, 0.1) is 18.1 Å². The van der Waals surface area contributed by atoms with Gasteiger partial charge < -0.3 is 0 Å². The van der Waals surface area contributed by atoms with Gasteiger partial charge in [-0.1, -0.05) is 0 Å². The molecule has 1 aliphatic rings. The highest BCUT2D eigenvalue weighted by atomic mass is 32.2. The van der Waals surface area contributed by atoms with E-state index < -0.39 is 10.0 Å². The third-order valence-corrected chi connectivity index (χ3v) is 5.18. The summed E-state index contributed by atoms with van der Waals surface area (Å²) in [5, 5.41) is 7.03. The number of hydrogen-bond acceptors (Lipinski definition) is 5. The summed E-state index contributed by atoms with van der Waals surface area (Å²) in [4.78, 5) is 8.88. The Morgan fingerprint density at radius 2 is 2.09 bits per heavy atom. The van der Waals surface area contributed by atoms with E-state index in [0.717, 1.165) is 29.9 Å². The predicted molar refractivity (Wildman–Crippen MR) is 82.7 cm³/mol. The molecule has 0 spiro atoms. The summed E-state index contributed by atoms with van der Waals surface area (Å²) in [6.45, 7) is 3.00. The Morgan fingerprint density at radius 1 is 1.27 bits per heavy atom. The number of nitrogens with zero attached hydrogens (tertiary/aromatic N) is 4. The number of hydrogen-bond donors (Lipinski definition) is 1. The fraction of sp³-hybridized carbons (Fsp3) is 0.500. The van der Waals surface area contributed by atoms with Crippen molar-refractivity contribution in [2.24, 2.45) is 0 Å². The smallest absolute Gasteiger partial charge is 0.211 e. The second-order valence-corrected chi connectivity index (χ2v) is 7.71. The first-order chi connectivity index (χ1) is 10.4.